The fourth-order valence-electron chi connectivity index (χ4n) is 3.74. The first-order valence-electron chi connectivity index (χ1n) is 8.94. The van der Waals surface area contributed by atoms with Crippen LogP contribution in [0.4, 0.5) is 5.69 Å². The third-order valence-corrected chi connectivity index (χ3v) is 7.03. The summed E-state index contributed by atoms with van der Waals surface area (Å²) < 4.78 is 3.22. The Morgan fingerprint density at radius 3 is 2.85 bits per heavy atom. The maximum atomic E-state index is 13.2. The molecule has 0 saturated heterocycles. The lowest BCUT2D eigenvalue weighted by atomic mass is 10.1. The van der Waals surface area contributed by atoms with Crippen molar-refractivity contribution in [1.29, 1.82) is 0 Å². The summed E-state index contributed by atoms with van der Waals surface area (Å²) in [5.74, 6) is 0.119. The molecule has 0 spiro atoms. The summed E-state index contributed by atoms with van der Waals surface area (Å²) in [5, 5.41) is 9.16. The van der Waals surface area contributed by atoms with Crippen molar-refractivity contribution >= 4 is 49.9 Å². The zero-order valence-corrected chi connectivity index (χ0v) is 16.6. The van der Waals surface area contributed by atoms with Crippen molar-refractivity contribution in [3.8, 4) is 0 Å². The molecule has 0 bridgehead atoms. The standard InChI is InChI=1S/C20H18N4OS2/c1-12-11-14-7-3-4-8-15(14)23(12)18(25)13(2)26-19-21-22-20-24(19)16-9-5-6-10-17(16)27-20/h3-10,12-13H,11H2,1-2H3/t12-,13-/m0/s1. The van der Waals surface area contributed by atoms with E-state index in [1.807, 2.05) is 42.2 Å². The molecule has 1 aliphatic rings. The SMILES string of the molecule is C[C@H](Sc1nnc2sc3ccccc3n12)C(=O)N1c2ccccc2C[C@@H]1C. The molecule has 5 rings (SSSR count). The van der Waals surface area contributed by atoms with Crippen molar-refractivity contribution in [2.75, 3.05) is 4.90 Å². The van der Waals surface area contributed by atoms with Crippen molar-refractivity contribution in [2.24, 2.45) is 0 Å². The quantitative estimate of drug-likeness (QED) is 0.483. The van der Waals surface area contributed by atoms with E-state index in [0.29, 0.717) is 0 Å². The van der Waals surface area contributed by atoms with E-state index in [4.69, 9.17) is 0 Å². The van der Waals surface area contributed by atoms with Gasteiger partial charge in [0.2, 0.25) is 10.9 Å². The number of anilines is 1. The topological polar surface area (TPSA) is 50.5 Å². The number of para-hydroxylation sites is 2. The molecule has 2 aromatic heterocycles. The lowest BCUT2D eigenvalue weighted by molar-refractivity contribution is -0.118. The molecule has 5 nitrogen and oxygen atoms in total. The molecule has 0 fully saturated rings. The van der Waals surface area contributed by atoms with Crippen LogP contribution in [0.2, 0.25) is 0 Å². The highest BCUT2D eigenvalue weighted by molar-refractivity contribution is 8.00. The fourth-order valence-corrected chi connectivity index (χ4v) is 5.67. The lowest BCUT2D eigenvalue weighted by Crippen LogP contribution is -2.40. The van der Waals surface area contributed by atoms with Gasteiger partial charge in [-0.3, -0.25) is 9.20 Å². The highest BCUT2D eigenvalue weighted by Crippen LogP contribution is 2.36. The molecule has 0 N–H and O–H groups in total. The van der Waals surface area contributed by atoms with E-state index in [2.05, 4.69) is 39.7 Å². The summed E-state index contributed by atoms with van der Waals surface area (Å²) >= 11 is 3.09. The zero-order valence-electron chi connectivity index (χ0n) is 15.0. The van der Waals surface area contributed by atoms with Crippen LogP contribution in [0.15, 0.2) is 53.7 Å². The minimum atomic E-state index is -0.246. The van der Waals surface area contributed by atoms with Crippen LogP contribution >= 0.6 is 23.1 Å². The second-order valence-electron chi connectivity index (χ2n) is 6.82. The first-order chi connectivity index (χ1) is 13.1. The van der Waals surface area contributed by atoms with Crippen molar-refractivity contribution in [3.05, 3.63) is 54.1 Å². The van der Waals surface area contributed by atoms with Gasteiger partial charge in [0.05, 0.1) is 15.5 Å². The van der Waals surface area contributed by atoms with E-state index in [-0.39, 0.29) is 17.2 Å². The van der Waals surface area contributed by atoms with Gasteiger partial charge in [0.1, 0.15) is 0 Å². The molecular weight excluding hydrogens is 376 g/mol. The predicted octanol–water partition coefficient (Wildman–Crippen LogP) is 4.40. The van der Waals surface area contributed by atoms with Crippen LogP contribution in [0.5, 0.6) is 0 Å². The maximum absolute atomic E-state index is 13.2. The second kappa shape index (κ2) is 6.35. The third kappa shape index (κ3) is 2.64. The average Bonchev–Trinajstić information content (AvgIpc) is 3.32. The number of rotatable bonds is 3. The van der Waals surface area contributed by atoms with Crippen molar-refractivity contribution in [1.82, 2.24) is 14.6 Å². The highest BCUT2D eigenvalue weighted by Gasteiger charge is 2.34. The van der Waals surface area contributed by atoms with E-state index in [1.54, 1.807) is 11.3 Å². The Morgan fingerprint density at radius 1 is 1.19 bits per heavy atom. The van der Waals surface area contributed by atoms with Gasteiger partial charge in [-0.1, -0.05) is 53.4 Å². The molecule has 3 heterocycles. The summed E-state index contributed by atoms with van der Waals surface area (Å²) in [4.78, 5) is 16.0. The number of amides is 1. The van der Waals surface area contributed by atoms with Crippen molar-refractivity contribution < 1.29 is 4.79 Å². The zero-order chi connectivity index (χ0) is 18.5. The number of fused-ring (bicyclic) bond motifs is 4. The molecule has 2 atom stereocenters. The first kappa shape index (κ1) is 16.8. The highest BCUT2D eigenvalue weighted by atomic mass is 32.2. The molecule has 0 saturated carbocycles. The molecule has 4 aromatic rings. The van der Waals surface area contributed by atoms with Crippen LogP contribution in [-0.4, -0.2) is 31.8 Å². The number of aromatic nitrogens is 3. The van der Waals surface area contributed by atoms with E-state index in [9.17, 15) is 4.79 Å². The molecule has 0 unspecified atom stereocenters. The summed E-state index contributed by atoms with van der Waals surface area (Å²) in [5.41, 5.74) is 3.36. The number of hydrogen-bond donors (Lipinski definition) is 0. The largest absolute Gasteiger partial charge is 0.308 e. The lowest BCUT2D eigenvalue weighted by Gasteiger charge is -2.25. The van der Waals surface area contributed by atoms with Gasteiger partial charge in [-0.05, 0) is 44.0 Å². The number of nitrogens with zero attached hydrogens (tertiary/aromatic N) is 4. The van der Waals surface area contributed by atoms with Crippen LogP contribution < -0.4 is 4.90 Å². The Kier molecular flexibility index (Phi) is 3.94. The van der Waals surface area contributed by atoms with Crippen LogP contribution in [0.1, 0.15) is 19.4 Å². The Morgan fingerprint density at radius 2 is 1.96 bits per heavy atom. The Balaban J connectivity index is 1.46. The molecule has 2 aromatic carbocycles. The monoisotopic (exact) mass is 394 g/mol. The van der Waals surface area contributed by atoms with E-state index in [0.717, 1.165) is 27.7 Å². The van der Waals surface area contributed by atoms with Gasteiger partial charge in [0, 0.05) is 11.7 Å². The molecule has 0 radical (unpaired) electrons. The maximum Gasteiger partial charge on any atom is 0.240 e. The first-order valence-corrected chi connectivity index (χ1v) is 10.6. The van der Waals surface area contributed by atoms with Gasteiger partial charge in [-0.25, -0.2) is 0 Å². The van der Waals surface area contributed by atoms with Crippen LogP contribution in [0, 0.1) is 0 Å². The predicted molar refractivity (Wildman–Crippen MR) is 111 cm³/mol. The second-order valence-corrected chi connectivity index (χ2v) is 9.14. The molecule has 1 amide bonds. The van der Waals surface area contributed by atoms with Crippen LogP contribution in [0.25, 0.3) is 15.2 Å². The minimum absolute atomic E-state index is 0.119. The molecular formula is C20H18N4OS2. The Bertz CT molecular complexity index is 1170. The summed E-state index contributed by atoms with van der Waals surface area (Å²) in [6.07, 6.45) is 0.906. The van der Waals surface area contributed by atoms with Gasteiger partial charge in [0.25, 0.3) is 0 Å². The number of thiazole rings is 1. The molecule has 1 aliphatic heterocycles. The van der Waals surface area contributed by atoms with Gasteiger partial charge >= 0.3 is 0 Å². The van der Waals surface area contributed by atoms with Gasteiger partial charge < -0.3 is 4.90 Å². The number of thioether (sulfide) groups is 1. The van der Waals surface area contributed by atoms with Crippen molar-refractivity contribution in [3.63, 3.8) is 0 Å². The smallest absolute Gasteiger partial charge is 0.240 e. The molecule has 27 heavy (non-hydrogen) atoms. The Labute approximate surface area is 165 Å². The van der Waals surface area contributed by atoms with E-state index in [1.165, 1.54) is 22.0 Å². The normalized spacial score (nSPS) is 17.6. The van der Waals surface area contributed by atoms with Crippen molar-refractivity contribution in [2.45, 2.75) is 36.7 Å². The number of benzene rings is 2. The summed E-state index contributed by atoms with van der Waals surface area (Å²) in [6, 6.07) is 16.5. The van der Waals surface area contributed by atoms with E-state index < -0.39 is 0 Å². The average molecular weight is 395 g/mol. The number of hydrogen-bond acceptors (Lipinski definition) is 5. The number of carbonyl (C=O) groups is 1. The Hall–Kier alpha value is -2.38. The van der Waals surface area contributed by atoms with Crippen LogP contribution in [-0.2, 0) is 11.2 Å². The third-order valence-electron chi connectivity index (χ3n) is 4.99. The summed E-state index contributed by atoms with van der Waals surface area (Å²) in [6.45, 7) is 4.06. The number of carbonyl (C=O) groups excluding carboxylic acids is 1. The molecule has 7 heteroatoms. The minimum Gasteiger partial charge on any atom is -0.308 e. The summed E-state index contributed by atoms with van der Waals surface area (Å²) in [7, 11) is 0. The van der Waals surface area contributed by atoms with Gasteiger partial charge in [-0.2, -0.15) is 0 Å². The molecule has 0 aliphatic carbocycles. The van der Waals surface area contributed by atoms with Crippen LogP contribution in [0.3, 0.4) is 0 Å². The van der Waals surface area contributed by atoms with E-state index >= 15 is 0 Å². The molecule has 136 valence electrons. The van der Waals surface area contributed by atoms with Gasteiger partial charge in [-0.15, -0.1) is 10.2 Å². The van der Waals surface area contributed by atoms with Gasteiger partial charge in [0.15, 0.2) is 5.16 Å². The fraction of sp³-hybridized carbons (Fsp3) is 0.250.